The number of hydrogen-bond acceptors (Lipinski definition) is 4. The normalized spacial score (nSPS) is 21.1. The van der Waals surface area contributed by atoms with Gasteiger partial charge in [-0.25, -0.2) is 0 Å². The van der Waals surface area contributed by atoms with Gasteiger partial charge in [0.05, 0.1) is 13.2 Å². The van der Waals surface area contributed by atoms with Gasteiger partial charge in [0.1, 0.15) is 5.75 Å². The van der Waals surface area contributed by atoms with Gasteiger partial charge in [-0.3, -0.25) is 0 Å². The standard InChI is InChI=1S/C13H21N3O3S/c1-15(2)20(17,18)16-9-8-14-10-12(16)11-6-4-5-7-13(11)19-3/h4-7,12,14H,8-10H2,1-3H3. The molecule has 2 rings (SSSR count). The summed E-state index contributed by atoms with van der Waals surface area (Å²) < 4.78 is 33.0. The van der Waals surface area contributed by atoms with Crippen molar-refractivity contribution < 1.29 is 13.2 Å². The second kappa shape index (κ2) is 6.09. The van der Waals surface area contributed by atoms with Crippen LogP contribution in [-0.4, -0.2) is 57.9 Å². The molecule has 20 heavy (non-hydrogen) atoms. The SMILES string of the molecule is COc1ccccc1C1CNCCN1S(=O)(=O)N(C)C. The Labute approximate surface area is 120 Å². The number of para-hydroxylation sites is 1. The number of ether oxygens (including phenoxy) is 1. The van der Waals surface area contributed by atoms with Gasteiger partial charge in [0.2, 0.25) is 0 Å². The van der Waals surface area contributed by atoms with Crippen LogP contribution in [0.3, 0.4) is 0 Å². The van der Waals surface area contributed by atoms with Gasteiger partial charge in [-0.2, -0.15) is 17.0 Å². The van der Waals surface area contributed by atoms with E-state index in [1.54, 1.807) is 21.2 Å². The van der Waals surface area contributed by atoms with Crippen molar-refractivity contribution in [2.45, 2.75) is 6.04 Å². The summed E-state index contributed by atoms with van der Waals surface area (Å²) in [5.74, 6) is 0.708. The Morgan fingerprint density at radius 3 is 2.70 bits per heavy atom. The average molecular weight is 299 g/mol. The first kappa shape index (κ1) is 15.2. The third kappa shape index (κ3) is 2.80. The number of rotatable bonds is 4. The fourth-order valence-corrected chi connectivity index (χ4v) is 3.63. The van der Waals surface area contributed by atoms with Crippen molar-refractivity contribution in [3.63, 3.8) is 0 Å². The van der Waals surface area contributed by atoms with E-state index < -0.39 is 10.2 Å². The highest BCUT2D eigenvalue weighted by molar-refractivity contribution is 7.86. The fraction of sp³-hybridized carbons (Fsp3) is 0.538. The number of piperazine rings is 1. The molecular formula is C13H21N3O3S. The van der Waals surface area contributed by atoms with Crippen molar-refractivity contribution in [1.29, 1.82) is 0 Å². The van der Waals surface area contributed by atoms with Crippen LogP contribution < -0.4 is 10.1 Å². The van der Waals surface area contributed by atoms with E-state index in [1.807, 2.05) is 24.3 Å². The second-order valence-electron chi connectivity index (χ2n) is 4.86. The van der Waals surface area contributed by atoms with E-state index in [1.165, 1.54) is 8.61 Å². The van der Waals surface area contributed by atoms with Crippen molar-refractivity contribution in [1.82, 2.24) is 13.9 Å². The Bertz CT molecular complexity index is 560. The Balaban J connectivity index is 2.42. The molecule has 1 unspecified atom stereocenters. The van der Waals surface area contributed by atoms with E-state index in [4.69, 9.17) is 4.74 Å². The molecule has 6 nitrogen and oxygen atoms in total. The van der Waals surface area contributed by atoms with Crippen molar-refractivity contribution in [3.05, 3.63) is 29.8 Å². The van der Waals surface area contributed by atoms with Crippen LogP contribution in [0.2, 0.25) is 0 Å². The van der Waals surface area contributed by atoms with E-state index in [-0.39, 0.29) is 6.04 Å². The topological polar surface area (TPSA) is 61.9 Å². The van der Waals surface area contributed by atoms with Crippen molar-refractivity contribution in [3.8, 4) is 5.75 Å². The van der Waals surface area contributed by atoms with Crippen LogP contribution in [0, 0.1) is 0 Å². The van der Waals surface area contributed by atoms with Gasteiger partial charge >= 0.3 is 0 Å². The third-order valence-corrected chi connectivity index (χ3v) is 5.40. The lowest BCUT2D eigenvalue weighted by atomic mass is 10.0. The molecule has 0 aliphatic carbocycles. The number of nitrogens with one attached hydrogen (secondary N) is 1. The van der Waals surface area contributed by atoms with Crippen LogP contribution in [0.1, 0.15) is 11.6 Å². The molecule has 1 aliphatic heterocycles. The maximum absolute atomic E-state index is 12.5. The monoisotopic (exact) mass is 299 g/mol. The smallest absolute Gasteiger partial charge is 0.282 e. The van der Waals surface area contributed by atoms with Crippen LogP contribution in [0.4, 0.5) is 0 Å². The minimum Gasteiger partial charge on any atom is -0.496 e. The van der Waals surface area contributed by atoms with Crippen LogP contribution in [0.25, 0.3) is 0 Å². The van der Waals surface area contributed by atoms with Gasteiger partial charge < -0.3 is 10.1 Å². The first-order valence-corrected chi connectivity index (χ1v) is 7.91. The molecule has 1 heterocycles. The second-order valence-corrected chi connectivity index (χ2v) is 6.96. The fourth-order valence-electron chi connectivity index (χ4n) is 2.38. The molecule has 1 N–H and O–H groups in total. The Morgan fingerprint density at radius 1 is 1.35 bits per heavy atom. The van der Waals surface area contributed by atoms with E-state index in [2.05, 4.69) is 5.32 Å². The highest BCUT2D eigenvalue weighted by Gasteiger charge is 2.35. The zero-order valence-electron chi connectivity index (χ0n) is 12.0. The lowest BCUT2D eigenvalue weighted by Crippen LogP contribution is -2.51. The molecule has 1 saturated heterocycles. The molecule has 1 atom stereocenters. The van der Waals surface area contributed by atoms with Gasteiger partial charge in [-0.05, 0) is 6.07 Å². The lowest BCUT2D eigenvalue weighted by molar-refractivity contribution is 0.251. The Kier molecular flexibility index (Phi) is 4.64. The summed E-state index contributed by atoms with van der Waals surface area (Å²) >= 11 is 0. The van der Waals surface area contributed by atoms with Crippen LogP contribution >= 0.6 is 0 Å². The molecule has 1 aliphatic rings. The maximum atomic E-state index is 12.5. The summed E-state index contributed by atoms with van der Waals surface area (Å²) in [6.07, 6.45) is 0. The number of benzene rings is 1. The number of hydrogen-bond donors (Lipinski definition) is 1. The minimum atomic E-state index is -3.45. The number of methoxy groups -OCH3 is 1. The highest BCUT2D eigenvalue weighted by atomic mass is 32.2. The van der Waals surface area contributed by atoms with Crippen LogP contribution in [-0.2, 0) is 10.2 Å². The van der Waals surface area contributed by atoms with Crippen molar-refractivity contribution >= 4 is 10.2 Å². The Morgan fingerprint density at radius 2 is 2.05 bits per heavy atom. The molecule has 0 amide bonds. The molecule has 0 bridgehead atoms. The summed E-state index contributed by atoms with van der Waals surface area (Å²) in [5.41, 5.74) is 0.882. The molecule has 0 spiro atoms. The Hall–Kier alpha value is -1.15. The zero-order valence-corrected chi connectivity index (χ0v) is 12.9. The molecule has 1 fully saturated rings. The first-order valence-electron chi connectivity index (χ1n) is 6.51. The van der Waals surface area contributed by atoms with Gasteiger partial charge in [-0.15, -0.1) is 0 Å². The molecule has 0 radical (unpaired) electrons. The largest absolute Gasteiger partial charge is 0.496 e. The molecule has 0 saturated carbocycles. The lowest BCUT2D eigenvalue weighted by Gasteiger charge is -2.37. The molecule has 7 heteroatoms. The summed E-state index contributed by atoms with van der Waals surface area (Å²) in [4.78, 5) is 0. The van der Waals surface area contributed by atoms with Crippen LogP contribution in [0.5, 0.6) is 5.75 Å². The molecular weight excluding hydrogens is 278 g/mol. The van der Waals surface area contributed by atoms with E-state index in [9.17, 15) is 8.42 Å². The van der Waals surface area contributed by atoms with Gasteiger partial charge in [0.25, 0.3) is 10.2 Å². The van der Waals surface area contributed by atoms with Crippen LogP contribution in [0.15, 0.2) is 24.3 Å². The minimum absolute atomic E-state index is 0.257. The van der Waals surface area contributed by atoms with Gasteiger partial charge in [0, 0.05) is 39.3 Å². The van der Waals surface area contributed by atoms with E-state index in [0.717, 1.165) is 5.56 Å². The molecule has 0 aromatic heterocycles. The van der Waals surface area contributed by atoms with Gasteiger partial charge in [-0.1, -0.05) is 18.2 Å². The summed E-state index contributed by atoms with van der Waals surface area (Å²) in [6, 6.07) is 7.28. The zero-order chi connectivity index (χ0) is 14.8. The summed E-state index contributed by atoms with van der Waals surface area (Å²) in [7, 11) is 1.25. The molecule has 112 valence electrons. The maximum Gasteiger partial charge on any atom is 0.282 e. The first-order chi connectivity index (χ1) is 9.48. The molecule has 1 aromatic carbocycles. The predicted octanol–water partition coefficient (Wildman–Crippen LogP) is 0.448. The van der Waals surface area contributed by atoms with Crippen molar-refractivity contribution in [2.24, 2.45) is 0 Å². The number of nitrogens with zero attached hydrogens (tertiary/aromatic N) is 2. The third-order valence-electron chi connectivity index (χ3n) is 3.45. The van der Waals surface area contributed by atoms with E-state index in [0.29, 0.717) is 25.4 Å². The summed E-state index contributed by atoms with van der Waals surface area (Å²) in [5, 5.41) is 3.25. The van der Waals surface area contributed by atoms with Crippen molar-refractivity contribution in [2.75, 3.05) is 40.8 Å². The summed E-state index contributed by atoms with van der Waals surface area (Å²) in [6.45, 7) is 1.68. The predicted molar refractivity (Wildman–Crippen MR) is 77.9 cm³/mol. The van der Waals surface area contributed by atoms with Gasteiger partial charge in [0.15, 0.2) is 0 Å². The quantitative estimate of drug-likeness (QED) is 0.877. The highest BCUT2D eigenvalue weighted by Crippen LogP contribution is 2.32. The molecule has 1 aromatic rings. The average Bonchev–Trinajstić information content (AvgIpc) is 2.47. The van der Waals surface area contributed by atoms with E-state index >= 15 is 0 Å².